The lowest BCUT2D eigenvalue weighted by Crippen LogP contribution is -2.45. The van der Waals surface area contributed by atoms with Crippen molar-refractivity contribution in [3.63, 3.8) is 0 Å². The van der Waals surface area contributed by atoms with Crippen LogP contribution >= 0.6 is 0 Å². The van der Waals surface area contributed by atoms with Gasteiger partial charge in [-0.25, -0.2) is 8.78 Å². The zero-order chi connectivity index (χ0) is 21.6. The van der Waals surface area contributed by atoms with Gasteiger partial charge in [-0.15, -0.1) is 0 Å². The first-order valence-corrected chi connectivity index (χ1v) is 9.71. The van der Waals surface area contributed by atoms with Gasteiger partial charge in [-0.1, -0.05) is 12.1 Å². The maximum absolute atomic E-state index is 14.0. The number of aromatic hydroxyl groups is 1. The molecule has 4 rings (SSSR count). The Morgan fingerprint density at radius 2 is 2.03 bits per heavy atom. The highest BCUT2D eigenvalue weighted by Gasteiger charge is 2.38. The molecule has 9 heteroatoms. The van der Waals surface area contributed by atoms with Crippen molar-refractivity contribution in [1.29, 1.82) is 0 Å². The molecule has 0 saturated carbocycles. The van der Waals surface area contributed by atoms with Crippen LogP contribution in [0, 0.1) is 12.7 Å². The van der Waals surface area contributed by atoms with E-state index in [4.69, 9.17) is 0 Å². The number of nitrogens with one attached hydrogen (secondary N) is 1. The molecule has 2 aliphatic heterocycles. The molecular formula is C21H21F2N3O4. The zero-order valence-electron chi connectivity index (χ0n) is 16.3. The number of hydrogen-bond donors (Lipinski definition) is 2. The first-order chi connectivity index (χ1) is 14.3. The first-order valence-electron chi connectivity index (χ1n) is 9.71. The van der Waals surface area contributed by atoms with Crippen LogP contribution in [0.2, 0.25) is 0 Å². The Labute approximate surface area is 170 Å². The maximum atomic E-state index is 14.0. The normalized spacial score (nSPS) is 20.5. The third-order valence-electron chi connectivity index (χ3n) is 5.65. The van der Waals surface area contributed by atoms with Crippen LogP contribution in [0.4, 0.5) is 8.78 Å². The molecule has 2 bridgehead atoms. The molecule has 0 aliphatic carbocycles. The maximum Gasteiger partial charge on any atom is 0.274 e. The van der Waals surface area contributed by atoms with E-state index in [2.05, 4.69) is 5.32 Å². The minimum atomic E-state index is -1.19. The highest BCUT2D eigenvalue weighted by molar-refractivity contribution is 5.99. The Bertz CT molecular complexity index is 1100. The van der Waals surface area contributed by atoms with E-state index in [0.717, 1.165) is 5.56 Å². The number of rotatable bonds is 3. The van der Waals surface area contributed by atoms with Crippen molar-refractivity contribution in [2.75, 3.05) is 13.1 Å². The summed E-state index contributed by atoms with van der Waals surface area (Å²) in [4.78, 5) is 39.1. The van der Waals surface area contributed by atoms with Crippen molar-refractivity contribution in [1.82, 2.24) is 14.8 Å². The quantitative estimate of drug-likeness (QED) is 0.800. The number of amides is 2. The van der Waals surface area contributed by atoms with E-state index in [1.165, 1.54) is 27.8 Å². The second kappa shape index (κ2) is 7.55. The van der Waals surface area contributed by atoms with Crippen LogP contribution in [0.3, 0.4) is 0 Å². The molecule has 2 amide bonds. The third kappa shape index (κ3) is 3.44. The van der Waals surface area contributed by atoms with Gasteiger partial charge in [-0.05, 0) is 31.4 Å². The molecule has 1 aromatic heterocycles. The number of pyridine rings is 1. The molecule has 3 heterocycles. The van der Waals surface area contributed by atoms with Gasteiger partial charge in [-0.2, -0.15) is 0 Å². The monoisotopic (exact) mass is 417 g/mol. The van der Waals surface area contributed by atoms with E-state index in [0.29, 0.717) is 6.42 Å². The molecule has 0 unspecified atom stereocenters. The Hall–Kier alpha value is -3.23. The van der Waals surface area contributed by atoms with Crippen LogP contribution in [0.1, 0.15) is 50.9 Å². The number of carbonyl (C=O) groups is 2. The fourth-order valence-electron chi connectivity index (χ4n) is 4.01. The fourth-order valence-corrected chi connectivity index (χ4v) is 4.01. The molecule has 0 spiro atoms. The summed E-state index contributed by atoms with van der Waals surface area (Å²) in [6, 6.07) is 4.22. The summed E-state index contributed by atoms with van der Waals surface area (Å²) < 4.78 is 29.4. The largest absolute Gasteiger partial charge is 0.503 e. The van der Waals surface area contributed by atoms with Crippen molar-refractivity contribution in [3.05, 3.63) is 62.8 Å². The van der Waals surface area contributed by atoms with Crippen molar-refractivity contribution >= 4 is 11.8 Å². The molecule has 158 valence electrons. The first kappa shape index (κ1) is 20.1. The van der Waals surface area contributed by atoms with E-state index in [1.807, 2.05) is 0 Å². The van der Waals surface area contributed by atoms with Gasteiger partial charge < -0.3 is 19.9 Å². The van der Waals surface area contributed by atoms with Crippen molar-refractivity contribution < 1.29 is 23.5 Å². The Morgan fingerprint density at radius 3 is 2.77 bits per heavy atom. The average molecular weight is 417 g/mol. The number of benzene rings is 1. The van der Waals surface area contributed by atoms with Crippen molar-refractivity contribution in [2.45, 2.75) is 38.5 Å². The van der Waals surface area contributed by atoms with Gasteiger partial charge in [0.05, 0.1) is 12.6 Å². The second-order valence-electron chi connectivity index (χ2n) is 7.79. The van der Waals surface area contributed by atoms with Gasteiger partial charge in [0.2, 0.25) is 5.43 Å². The molecule has 1 fully saturated rings. The van der Waals surface area contributed by atoms with Crippen molar-refractivity contribution in [2.24, 2.45) is 0 Å². The molecule has 7 nitrogen and oxygen atoms in total. The van der Waals surface area contributed by atoms with Crippen LogP contribution in [-0.4, -0.2) is 45.6 Å². The summed E-state index contributed by atoms with van der Waals surface area (Å²) >= 11 is 0. The Kier molecular flexibility index (Phi) is 5.05. The number of halogens is 2. The number of nitrogens with zero attached hydrogens (tertiary/aromatic N) is 2. The molecule has 2 aromatic rings. The Morgan fingerprint density at radius 1 is 1.27 bits per heavy atom. The zero-order valence-corrected chi connectivity index (χ0v) is 16.3. The second-order valence-corrected chi connectivity index (χ2v) is 7.79. The smallest absolute Gasteiger partial charge is 0.274 e. The molecular weight excluding hydrogens is 396 g/mol. The summed E-state index contributed by atoms with van der Waals surface area (Å²) in [6.45, 7) is 1.74. The number of aromatic nitrogens is 1. The van der Waals surface area contributed by atoms with Gasteiger partial charge in [0.15, 0.2) is 11.4 Å². The topological polar surface area (TPSA) is 91.6 Å². The summed E-state index contributed by atoms with van der Waals surface area (Å²) in [6.07, 6.45) is 0.677. The predicted molar refractivity (Wildman–Crippen MR) is 104 cm³/mol. The Balaban J connectivity index is 1.66. The summed E-state index contributed by atoms with van der Waals surface area (Å²) in [5, 5.41) is 12.9. The standard InChI is InChI=1S/C21H21F2N3O4/c1-11-2-3-12(16(23)6-11)7-24-20(29)15-10-26-14-5-4-13(22)8-25(9-14)21(30)17(26)19(28)18(15)27/h2-3,6,10,13-14,28H,4-5,7-9H2,1H3,(H,24,29)/t13-,14-/m1/s1. The number of fused-ring (bicyclic) bond motifs is 4. The summed E-state index contributed by atoms with van der Waals surface area (Å²) in [5.74, 6) is -2.75. The third-order valence-corrected chi connectivity index (χ3v) is 5.65. The number of aryl methyl sites for hydroxylation is 1. The van der Waals surface area contributed by atoms with Crippen LogP contribution in [0.25, 0.3) is 0 Å². The fraction of sp³-hybridized carbons (Fsp3) is 0.381. The van der Waals surface area contributed by atoms with E-state index < -0.39 is 35.0 Å². The lowest BCUT2D eigenvalue weighted by atomic mass is 10.1. The van der Waals surface area contributed by atoms with Gasteiger partial charge in [0.1, 0.15) is 17.6 Å². The van der Waals surface area contributed by atoms with Crippen LogP contribution in [0.15, 0.2) is 29.2 Å². The highest BCUT2D eigenvalue weighted by atomic mass is 19.1. The van der Waals surface area contributed by atoms with Crippen LogP contribution in [-0.2, 0) is 6.54 Å². The van der Waals surface area contributed by atoms with Crippen LogP contribution < -0.4 is 10.7 Å². The summed E-state index contributed by atoms with van der Waals surface area (Å²) in [7, 11) is 0. The van der Waals surface area contributed by atoms with E-state index in [-0.39, 0.29) is 48.9 Å². The molecule has 2 atom stereocenters. The molecule has 2 N–H and O–H groups in total. The molecule has 0 radical (unpaired) electrons. The lowest BCUT2D eigenvalue weighted by molar-refractivity contribution is 0.0646. The van der Waals surface area contributed by atoms with Gasteiger partial charge in [-0.3, -0.25) is 14.4 Å². The highest BCUT2D eigenvalue weighted by Crippen LogP contribution is 2.32. The van der Waals surface area contributed by atoms with Gasteiger partial charge >= 0.3 is 0 Å². The molecule has 1 saturated heterocycles. The van der Waals surface area contributed by atoms with Gasteiger partial charge in [0, 0.05) is 24.8 Å². The SMILES string of the molecule is Cc1ccc(CNC(=O)c2cn3c(c(O)c2=O)C(=O)N2C[C@H](F)CC[C@@H]3C2)c(F)c1. The minimum Gasteiger partial charge on any atom is -0.503 e. The van der Waals surface area contributed by atoms with Gasteiger partial charge in [0.25, 0.3) is 11.8 Å². The van der Waals surface area contributed by atoms with Crippen LogP contribution in [0.5, 0.6) is 5.75 Å². The lowest BCUT2D eigenvalue weighted by Gasteiger charge is -2.34. The van der Waals surface area contributed by atoms with E-state index in [1.54, 1.807) is 13.0 Å². The molecule has 30 heavy (non-hydrogen) atoms. The summed E-state index contributed by atoms with van der Waals surface area (Å²) in [5.41, 5.74) is -0.594. The minimum absolute atomic E-state index is 0.0900. The molecule has 1 aromatic carbocycles. The van der Waals surface area contributed by atoms with Crippen molar-refractivity contribution in [3.8, 4) is 5.75 Å². The number of alkyl halides is 1. The van der Waals surface area contributed by atoms with E-state index in [9.17, 15) is 28.3 Å². The average Bonchev–Trinajstić information content (AvgIpc) is 2.87. The number of hydrogen-bond acceptors (Lipinski definition) is 4. The predicted octanol–water partition coefficient (Wildman–Crippen LogP) is 2.06. The van der Waals surface area contributed by atoms with E-state index >= 15 is 0 Å². The number of carbonyl (C=O) groups excluding carboxylic acids is 2. The molecule has 2 aliphatic rings.